The molecule has 0 N–H and O–H groups in total. The summed E-state index contributed by atoms with van der Waals surface area (Å²) in [6, 6.07) is 9.85. The minimum absolute atomic E-state index is 0.0780. The van der Waals surface area contributed by atoms with Gasteiger partial charge < -0.3 is 33.2 Å². The standard InChI is InChI=1S/C27H39NO7/c1-9-34-22(35-10-2)16-28-17(3)23-20(15-21(30-5)26(32-7)27(23)33-8)25(31-6)24(28)18-12-11-13-19(14-18)29-4/h11-15,17,22,24-25H,9-10,16H2,1-8H3/t17-,24+,25-/m0/s1. The van der Waals surface area contributed by atoms with Crippen LogP contribution in [0.25, 0.3) is 0 Å². The number of rotatable bonds is 12. The van der Waals surface area contributed by atoms with Gasteiger partial charge in [0.25, 0.3) is 0 Å². The van der Waals surface area contributed by atoms with Crippen LogP contribution in [0.4, 0.5) is 0 Å². The van der Waals surface area contributed by atoms with E-state index in [1.54, 1.807) is 35.5 Å². The second-order valence-corrected chi connectivity index (χ2v) is 8.24. The topological polar surface area (TPSA) is 67.9 Å². The summed E-state index contributed by atoms with van der Waals surface area (Å²) in [4.78, 5) is 2.34. The molecule has 0 amide bonds. The van der Waals surface area contributed by atoms with Gasteiger partial charge in [-0.05, 0) is 50.1 Å². The van der Waals surface area contributed by atoms with Crippen LogP contribution in [-0.4, -0.2) is 66.5 Å². The van der Waals surface area contributed by atoms with Crippen LogP contribution in [0, 0.1) is 0 Å². The Morgan fingerprint density at radius 2 is 1.54 bits per heavy atom. The van der Waals surface area contributed by atoms with Crippen molar-refractivity contribution < 1.29 is 33.2 Å². The summed E-state index contributed by atoms with van der Waals surface area (Å²) in [5, 5.41) is 0. The fraction of sp³-hybridized carbons (Fsp3) is 0.556. The van der Waals surface area contributed by atoms with Crippen molar-refractivity contribution in [2.24, 2.45) is 0 Å². The van der Waals surface area contributed by atoms with Gasteiger partial charge in [0.1, 0.15) is 11.9 Å². The number of fused-ring (bicyclic) bond motifs is 1. The van der Waals surface area contributed by atoms with Crippen molar-refractivity contribution >= 4 is 0 Å². The lowest BCUT2D eigenvalue weighted by Crippen LogP contribution is -2.45. The third-order valence-corrected chi connectivity index (χ3v) is 6.52. The van der Waals surface area contributed by atoms with Crippen molar-refractivity contribution in [1.82, 2.24) is 4.90 Å². The van der Waals surface area contributed by atoms with Crippen LogP contribution in [0.2, 0.25) is 0 Å². The van der Waals surface area contributed by atoms with Gasteiger partial charge in [-0.2, -0.15) is 0 Å². The van der Waals surface area contributed by atoms with E-state index in [4.69, 9.17) is 33.2 Å². The first-order valence-electron chi connectivity index (χ1n) is 12.0. The van der Waals surface area contributed by atoms with Crippen LogP contribution in [0.5, 0.6) is 23.0 Å². The van der Waals surface area contributed by atoms with Crippen molar-refractivity contribution in [1.29, 1.82) is 0 Å². The van der Waals surface area contributed by atoms with Crippen LogP contribution >= 0.6 is 0 Å². The van der Waals surface area contributed by atoms with E-state index < -0.39 is 6.29 Å². The largest absolute Gasteiger partial charge is 0.497 e. The Kier molecular flexibility index (Phi) is 9.63. The fourth-order valence-corrected chi connectivity index (χ4v) is 5.03. The molecule has 8 nitrogen and oxygen atoms in total. The Bertz CT molecular complexity index is 961. The molecular weight excluding hydrogens is 450 g/mol. The zero-order valence-electron chi connectivity index (χ0n) is 22.1. The van der Waals surface area contributed by atoms with Crippen molar-refractivity contribution in [2.75, 3.05) is 55.3 Å². The molecule has 0 radical (unpaired) electrons. The van der Waals surface area contributed by atoms with E-state index in [1.807, 2.05) is 32.0 Å². The van der Waals surface area contributed by atoms with E-state index in [9.17, 15) is 0 Å². The lowest BCUT2D eigenvalue weighted by molar-refractivity contribution is -0.163. The zero-order chi connectivity index (χ0) is 25.5. The molecule has 0 saturated carbocycles. The minimum Gasteiger partial charge on any atom is -0.497 e. The summed E-state index contributed by atoms with van der Waals surface area (Å²) < 4.78 is 40.9. The van der Waals surface area contributed by atoms with Crippen molar-refractivity contribution in [2.45, 2.75) is 45.2 Å². The summed E-state index contributed by atoms with van der Waals surface area (Å²) in [7, 11) is 8.28. The number of nitrogens with zero attached hydrogens (tertiary/aromatic N) is 1. The first-order valence-corrected chi connectivity index (χ1v) is 12.0. The highest BCUT2D eigenvalue weighted by molar-refractivity contribution is 5.62. The number of hydrogen-bond acceptors (Lipinski definition) is 8. The van der Waals surface area contributed by atoms with Gasteiger partial charge in [-0.15, -0.1) is 0 Å². The molecule has 194 valence electrons. The highest BCUT2D eigenvalue weighted by atomic mass is 16.7. The molecule has 3 atom stereocenters. The van der Waals surface area contributed by atoms with Gasteiger partial charge in [-0.3, -0.25) is 4.90 Å². The van der Waals surface area contributed by atoms with Gasteiger partial charge in [0, 0.05) is 31.9 Å². The third-order valence-electron chi connectivity index (χ3n) is 6.52. The highest BCUT2D eigenvalue weighted by Gasteiger charge is 2.44. The van der Waals surface area contributed by atoms with E-state index in [0.29, 0.717) is 37.0 Å². The molecule has 1 aliphatic heterocycles. The molecule has 0 fully saturated rings. The summed E-state index contributed by atoms with van der Waals surface area (Å²) in [5.74, 6) is 2.57. The monoisotopic (exact) mass is 489 g/mol. The summed E-state index contributed by atoms with van der Waals surface area (Å²) >= 11 is 0. The predicted molar refractivity (Wildman–Crippen MR) is 134 cm³/mol. The van der Waals surface area contributed by atoms with Crippen molar-refractivity contribution in [3.63, 3.8) is 0 Å². The smallest absolute Gasteiger partial charge is 0.203 e. The molecule has 0 bridgehead atoms. The minimum atomic E-state index is -0.397. The molecule has 3 rings (SSSR count). The van der Waals surface area contributed by atoms with Crippen LogP contribution < -0.4 is 18.9 Å². The number of benzene rings is 2. The zero-order valence-corrected chi connectivity index (χ0v) is 22.1. The lowest BCUT2D eigenvalue weighted by atomic mass is 9.82. The molecule has 0 spiro atoms. The molecule has 8 heteroatoms. The van der Waals surface area contributed by atoms with Gasteiger partial charge in [0.15, 0.2) is 17.8 Å². The quantitative estimate of drug-likeness (QED) is 0.389. The molecule has 2 aromatic carbocycles. The molecule has 1 aliphatic rings. The van der Waals surface area contributed by atoms with E-state index in [0.717, 1.165) is 22.4 Å². The van der Waals surface area contributed by atoms with Gasteiger partial charge >= 0.3 is 0 Å². The molecule has 0 saturated heterocycles. The summed E-state index contributed by atoms with van der Waals surface area (Å²) in [6.45, 7) is 7.73. The lowest BCUT2D eigenvalue weighted by Gasteiger charge is -2.47. The Balaban J connectivity index is 2.26. The van der Waals surface area contributed by atoms with Gasteiger partial charge in [0.2, 0.25) is 5.75 Å². The molecule has 1 heterocycles. The maximum absolute atomic E-state index is 6.19. The first-order chi connectivity index (χ1) is 17.0. The van der Waals surface area contributed by atoms with E-state index in [-0.39, 0.29) is 18.2 Å². The molecule has 35 heavy (non-hydrogen) atoms. The van der Waals surface area contributed by atoms with Gasteiger partial charge in [-0.25, -0.2) is 0 Å². The maximum atomic E-state index is 6.19. The van der Waals surface area contributed by atoms with Gasteiger partial charge in [0.05, 0.1) is 41.0 Å². The summed E-state index contributed by atoms with van der Waals surface area (Å²) in [5.41, 5.74) is 3.04. The molecule has 0 aliphatic carbocycles. The molecule has 0 aromatic heterocycles. The van der Waals surface area contributed by atoms with Gasteiger partial charge in [-0.1, -0.05) is 12.1 Å². The molecular formula is C27H39NO7. The second-order valence-electron chi connectivity index (χ2n) is 8.24. The highest BCUT2D eigenvalue weighted by Crippen LogP contribution is 2.55. The van der Waals surface area contributed by atoms with Crippen molar-refractivity contribution in [3.05, 3.63) is 47.0 Å². The normalized spacial score (nSPS) is 20.0. The van der Waals surface area contributed by atoms with Crippen LogP contribution in [-0.2, 0) is 14.2 Å². The van der Waals surface area contributed by atoms with Crippen LogP contribution in [0.3, 0.4) is 0 Å². The average Bonchev–Trinajstić information content (AvgIpc) is 2.88. The third kappa shape index (κ3) is 5.35. The summed E-state index contributed by atoms with van der Waals surface area (Å²) in [6.07, 6.45) is -0.725. The Labute approximate surface area is 209 Å². The fourth-order valence-electron chi connectivity index (χ4n) is 5.03. The predicted octanol–water partition coefficient (Wildman–Crippen LogP) is 4.93. The second kappa shape index (κ2) is 12.4. The van der Waals surface area contributed by atoms with Crippen molar-refractivity contribution in [3.8, 4) is 23.0 Å². The SMILES string of the molecule is CCOC(CN1[C@H](c2cccc(OC)c2)[C@@H](OC)c2cc(OC)c(OC)c(OC)c2[C@@H]1C)OCC. The number of hydrogen-bond donors (Lipinski definition) is 0. The Hall–Kier alpha value is -2.52. The Morgan fingerprint density at radius 3 is 2.09 bits per heavy atom. The Morgan fingerprint density at radius 1 is 0.857 bits per heavy atom. The molecule has 0 unspecified atom stereocenters. The number of methoxy groups -OCH3 is 5. The first kappa shape index (κ1) is 27.1. The van der Waals surface area contributed by atoms with Crippen LogP contribution in [0.15, 0.2) is 30.3 Å². The number of ether oxygens (including phenoxy) is 7. The van der Waals surface area contributed by atoms with Crippen LogP contribution in [0.1, 0.15) is 55.6 Å². The van der Waals surface area contributed by atoms with E-state index >= 15 is 0 Å². The average molecular weight is 490 g/mol. The van der Waals surface area contributed by atoms with E-state index in [1.165, 1.54) is 0 Å². The molecule has 2 aromatic rings. The van der Waals surface area contributed by atoms with E-state index in [2.05, 4.69) is 24.0 Å². The maximum Gasteiger partial charge on any atom is 0.203 e.